The van der Waals surface area contributed by atoms with Crippen molar-refractivity contribution in [3.8, 4) is 23.6 Å². The van der Waals surface area contributed by atoms with Gasteiger partial charge in [0.2, 0.25) is 5.91 Å². The molecule has 0 aliphatic heterocycles. The second kappa shape index (κ2) is 7.95. The highest BCUT2D eigenvalue weighted by Crippen LogP contribution is 2.70. The maximum atomic E-state index is 14.1. The molecule has 2 aliphatic carbocycles. The summed E-state index contributed by atoms with van der Waals surface area (Å²) in [6.07, 6.45) is 1.10. The van der Waals surface area contributed by atoms with E-state index in [2.05, 4.69) is 15.3 Å². The molecule has 1 N–H and O–H groups in total. The number of amides is 1. The van der Waals surface area contributed by atoms with Crippen LogP contribution in [0.5, 0.6) is 11.5 Å². The summed E-state index contributed by atoms with van der Waals surface area (Å²) in [6, 6.07) is 6.80. The van der Waals surface area contributed by atoms with E-state index in [1.807, 2.05) is 32.9 Å². The number of nitriles is 2. The third-order valence-electron chi connectivity index (χ3n) is 8.05. The van der Waals surface area contributed by atoms with Crippen LogP contribution in [-0.4, -0.2) is 43.2 Å². The number of carbonyl (C=O) groups is 2. The standard InChI is InChI=1S/C25H25N5O5/c1-23(2)24(3)7-8-25(23,20-19(24)28-15(11-26)16(12-27)29-20)22(32)30-14-10-18(34-5)17(33-4)9-13(14)21(31)35-6/h9-10H,7-8H2,1-6H3,(H,30,32). The lowest BCUT2D eigenvalue weighted by atomic mass is 9.63. The van der Waals surface area contributed by atoms with Crippen molar-refractivity contribution >= 4 is 17.6 Å². The number of fused-ring (bicyclic) bond motifs is 5. The number of nitrogens with one attached hydrogen (secondary N) is 1. The van der Waals surface area contributed by atoms with E-state index >= 15 is 0 Å². The van der Waals surface area contributed by atoms with Gasteiger partial charge in [-0.1, -0.05) is 20.8 Å². The molecule has 1 saturated carbocycles. The largest absolute Gasteiger partial charge is 0.493 e. The number of anilines is 1. The smallest absolute Gasteiger partial charge is 0.340 e. The van der Waals surface area contributed by atoms with Gasteiger partial charge in [-0.15, -0.1) is 0 Å². The Bertz CT molecular complexity index is 1360. The monoisotopic (exact) mass is 475 g/mol. The first-order valence-corrected chi connectivity index (χ1v) is 10.9. The normalized spacial score (nSPS) is 23.0. The Hall–Kier alpha value is -4.18. The molecule has 1 aromatic carbocycles. The lowest BCUT2D eigenvalue weighted by Crippen LogP contribution is -2.48. The number of nitrogens with zero attached hydrogens (tertiary/aromatic N) is 4. The van der Waals surface area contributed by atoms with Crippen LogP contribution in [0.15, 0.2) is 12.1 Å². The minimum atomic E-state index is -1.15. The van der Waals surface area contributed by atoms with Crippen molar-refractivity contribution in [1.82, 2.24) is 9.97 Å². The lowest BCUT2D eigenvalue weighted by molar-refractivity contribution is -0.125. The summed E-state index contributed by atoms with van der Waals surface area (Å²) in [7, 11) is 4.13. The van der Waals surface area contributed by atoms with Crippen LogP contribution in [0.1, 0.15) is 66.7 Å². The molecule has 0 saturated heterocycles. The number of hydrogen-bond donors (Lipinski definition) is 1. The number of hydrogen-bond acceptors (Lipinski definition) is 9. The van der Waals surface area contributed by atoms with Crippen LogP contribution in [-0.2, 0) is 20.4 Å². The summed E-state index contributed by atoms with van der Waals surface area (Å²) in [5.41, 5.74) is -1.30. The molecule has 1 aromatic heterocycles. The number of methoxy groups -OCH3 is 3. The summed E-state index contributed by atoms with van der Waals surface area (Å²) in [6.45, 7) is 5.94. The molecule has 2 bridgehead atoms. The van der Waals surface area contributed by atoms with E-state index in [0.29, 0.717) is 35.7 Å². The van der Waals surface area contributed by atoms with Crippen molar-refractivity contribution in [2.45, 2.75) is 44.4 Å². The number of esters is 1. The summed E-state index contributed by atoms with van der Waals surface area (Å²) in [5.74, 6) is -0.435. The van der Waals surface area contributed by atoms with Gasteiger partial charge in [0.15, 0.2) is 22.9 Å². The van der Waals surface area contributed by atoms with Crippen LogP contribution in [0, 0.1) is 28.1 Å². The van der Waals surface area contributed by atoms with Gasteiger partial charge in [-0.25, -0.2) is 14.8 Å². The Morgan fingerprint density at radius 2 is 1.51 bits per heavy atom. The minimum Gasteiger partial charge on any atom is -0.493 e. The van der Waals surface area contributed by atoms with Crippen molar-refractivity contribution in [2.24, 2.45) is 5.41 Å². The van der Waals surface area contributed by atoms with E-state index in [-0.39, 0.29) is 22.6 Å². The average Bonchev–Trinajstić information content (AvgIpc) is 3.16. The number of benzene rings is 1. The Labute approximate surface area is 202 Å². The fourth-order valence-electron chi connectivity index (χ4n) is 5.63. The fraction of sp³-hybridized carbons (Fsp3) is 0.440. The zero-order valence-electron chi connectivity index (χ0n) is 20.4. The molecule has 4 rings (SSSR count). The van der Waals surface area contributed by atoms with E-state index < -0.39 is 28.1 Å². The molecule has 1 amide bonds. The van der Waals surface area contributed by atoms with Crippen molar-refractivity contribution in [3.05, 3.63) is 40.5 Å². The van der Waals surface area contributed by atoms with Crippen LogP contribution in [0.25, 0.3) is 0 Å². The summed E-state index contributed by atoms with van der Waals surface area (Å²) >= 11 is 0. The number of rotatable bonds is 5. The van der Waals surface area contributed by atoms with E-state index in [1.54, 1.807) is 0 Å². The predicted octanol–water partition coefficient (Wildman–Crippen LogP) is 2.99. The zero-order valence-corrected chi connectivity index (χ0v) is 20.4. The first kappa shape index (κ1) is 24.0. The molecule has 10 heteroatoms. The van der Waals surface area contributed by atoms with E-state index in [4.69, 9.17) is 14.2 Å². The van der Waals surface area contributed by atoms with Gasteiger partial charge in [0.25, 0.3) is 0 Å². The number of ether oxygens (including phenoxy) is 3. The van der Waals surface area contributed by atoms with Crippen LogP contribution in [0.2, 0.25) is 0 Å². The van der Waals surface area contributed by atoms with Crippen molar-refractivity contribution in [2.75, 3.05) is 26.6 Å². The van der Waals surface area contributed by atoms with E-state index in [9.17, 15) is 20.1 Å². The van der Waals surface area contributed by atoms with Gasteiger partial charge in [0.1, 0.15) is 12.1 Å². The molecule has 2 aliphatic rings. The molecule has 10 nitrogen and oxygen atoms in total. The highest BCUT2D eigenvalue weighted by atomic mass is 16.5. The van der Waals surface area contributed by atoms with Crippen LogP contribution >= 0.6 is 0 Å². The summed E-state index contributed by atoms with van der Waals surface area (Å²) in [5, 5.41) is 21.9. The van der Waals surface area contributed by atoms with Crippen LogP contribution in [0.4, 0.5) is 5.69 Å². The average molecular weight is 476 g/mol. The van der Waals surface area contributed by atoms with Gasteiger partial charge in [-0.3, -0.25) is 4.79 Å². The highest BCUT2D eigenvalue weighted by molar-refractivity contribution is 6.06. The SMILES string of the molecule is COC(=O)c1cc(OC)c(OC)cc1NC(=O)C12CCC(C)(c3nc(C#N)c(C#N)nc31)C2(C)C. The fourth-order valence-corrected chi connectivity index (χ4v) is 5.63. The summed E-state index contributed by atoms with van der Waals surface area (Å²) in [4.78, 5) is 35.7. The van der Waals surface area contributed by atoms with E-state index in [1.165, 1.54) is 33.5 Å². The Morgan fingerprint density at radius 3 is 2.06 bits per heavy atom. The predicted molar refractivity (Wildman–Crippen MR) is 123 cm³/mol. The molecule has 35 heavy (non-hydrogen) atoms. The van der Waals surface area contributed by atoms with Gasteiger partial charge in [-0.05, 0) is 18.3 Å². The first-order chi connectivity index (χ1) is 16.6. The van der Waals surface area contributed by atoms with Crippen LogP contribution in [0.3, 0.4) is 0 Å². The first-order valence-electron chi connectivity index (χ1n) is 10.9. The summed E-state index contributed by atoms with van der Waals surface area (Å²) < 4.78 is 15.6. The van der Waals surface area contributed by atoms with Gasteiger partial charge in [0, 0.05) is 17.5 Å². The molecular weight excluding hydrogens is 450 g/mol. The van der Waals surface area contributed by atoms with Crippen molar-refractivity contribution in [3.63, 3.8) is 0 Å². The van der Waals surface area contributed by atoms with Crippen molar-refractivity contribution < 1.29 is 23.8 Å². The molecule has 1 fully saturated rings. The molecule has 2 aromatic rings. The molecular formula is C25H25N5O5. The topological polar surface area (TPSA) is 147 Å². The maximum Gasteiger partial charge on any atom is 0.340 e. The Kier molecular flexibility index (Phi) is 5.44. The highest BCUT2D eigenvalue weighted by Gasteiger charge is 2.73. The van der Waals surface area contributed by atoms with Crippen LogP contribution < -0.4 is 14.8 Å². The lowest BCUT2D eigenvalue weighted by Gasteiger charge is -2.39. The second-order valence-electron chi connectivity index (χ2n) is 9.40. The number of aromatic nitrogens is 2. The second-order valence-corrected chi connectivity index (χ2v) is 9.40. The third-order valence-corrected chi connectivity index (χ3v) is 8.05. The van der Waals surface area contributed by atoms with Crippen molar-refractivity contribution in [1.29, 1.82) is 10.5 Å². The zero-order chi connectivity index (χ0) is 25.8. The van der Waals surface area contributed by atoms with Gasteiger partial charge < -0.3 is 19.5 Å². The minimum absolute atomic E-state index is 0.0562. The maximum absolute atomic E-state index is 14.1. The molecule has 180 valence electrons. The third kappa shape index (κ3) is 2.93. The molecule has 2 atom stereocenters. The molecule has 0 spiro atoms. The molecule has 1 heterocycles. The van der Waals surface area contributed by atoms with Gasteiger partial charge >= 0.3 is 5.97 Å². The Morgan fingerprint density at radius 1 is 0.943 bits per heavy atom. The Balaban J connectivity index is 1.90. The van der Waals surface area contributed by atoms with Gasteiger partial charge in [0.05, 0.1) is 49.4 Å². The van der Waals surface area contributed by atoms with E-state index in [0.717, 1.165) is 0 Å². The molecule has 0 radical (unpaired) electrons. The van der Waals surface area contributed by atoms with Gasteiger partial charge in [-0.2, -0.15) is 10.5 Å². The molecule has 2 unspecified atom stereocenters. The quantitative estimate of drug-likeness (QED) is 0.644. The number of carbonyl (C=O) groups excluding carboxylic acids is 2.